The number of aliphatic carboxylic acids is 1. The number of aromatic nitrogens is 1. The standard InChI is InChI=1S/C23H25NO3S/c1-3-6-16(23(26)27)19-18(14-11-9-13(2)10-12-14)21-20(24-22(19)25)15-7-4-5-8-17(15)28-21/h7,9-12,16-17H,3-6,8H2,1-2H3,(H,24,25)(H,26,27). The van der Waals surface area contributed by atoms with Gasteiger partial charge in [-0.3, -0.25) is 9.59 Å². The summed E-state index contributed by atoms with van der Waals surface area (Å²) in [5, 5.41) is 10.2. The molecule has 4 nitrogen and oxygen atoms in total. The molecule has 0 saturated heterocycles. The maximum atomic E-state index is 13.2. The van der Waals surface area contributed by atoms with Crippen molar-refractivity contribution in [1.82, 2.24) is 4.98 Å². The van der Waals surface area contributed by atoms with Crippen molar-refractivity contribution in [1.29, 1.82) is 0 Å². The van der Waals surface area contributed by atoms with Gasteiger partial charge in [-0.05, 0) is 43.7 Å². The van der Waals surface area contributed by atoms with Crippen LogP contribution in [0.25, 0.3) is 16.7 Å². The Morgan fingerprint density at radius 1 is 1.32 bits per heavy atom. The van der Waals surface area contributed by atoms with E-state index in [9.17, 15) is 14.7 Å². The summed E-state index contributed by atoms with van der Waals surface area (Å²) in [6, 6.07) is 8.06. The van der Waals surface area contributed by atoms with Gasteiger partial charge in [-0.1, -0.05) is 49.2 Å². The molecule has 2 heterocycles. The van der Waals surface area contributed by atoms with E-state index in [1.165, 1.54) is 5.57 Å². The Morgan fingerprint density at radius 2 is 2.07 bits per heavy atom. The number of allylic oxidation sites excluding steroid dienone is 1. The molecule has 2 aliphatic rings. The maximum Gasteiger partial charge on any atom is 0.311 e. The van der Waals surface area contributed by atoms with Crippen molar-refractivity contribution in [2.75, 3.05) is 0 Å². The maximum absolute atomic E-state index is 13.2. The molecule has 28 heavy (non-hydrogen) atoms. The third kappa shape index (κ3) is 3.22. The molecule has 1 aliphatic carbocycles. The van der Waals surface area contributed by atoms with Gasteiger partial charge in [-0.2, -0.15) is 0 Å². The molecule has 0 saturated carbocycles. The quantitative estimate of drug-likeness (QED) is 0.715. The van der Waals surface area contributed by atoms with Gasteiger partial charge in [0, 0.05) is 21.3 Å². The smallest absolute Gasteiger partial charge is 0.311 e. The summed E-state index contributed by atoms with van der Waals surface area (Å²) in [6.07, 6.45) is 6.67. The minimum atomic E-state index is -0.930. The van der Waals surface area contributed by atoms with Crippen LogP contribution in [0, 0.1) is 6.92 Å². The first kappa shape index (κ1) is 19.1. The van der Waals surface area contributed by atoms with E-state index >= 15 is 0 Å². The van der Waals surface area contributed by atoms with Crippen LogP contribution in [0.2, 0.25) is 0 Å². The molecule has 1 aromatic carbocycles. The Balaban J connectivity index is 2.01. The lowest BCUT2D eigenvalue weighted by molar-refractivity contribution is -0.139. The second-order valence-corrected chi connectivity index (χ2v) is 8.90. The Hall–Kier alpha value is -2.27. The molecule has 2 atom stereocenters. The van der Waals surface area contributed by atoms with E-state index in [2.05, 4.69) is 11.1 Å². The molecule has 0 spiro atoms. The molecule has 0 bridgehead atoms. The van der Waals surface area contributed by atoms with Gasteiger partial charge in [0.15, 0.2) is 0 Å². The Labute approximate surface area is 169 Å². The average molecular weight is 396 g/mol. The van der Waals surface area contributed by atoms with Crippen LogP contribution in [0.4, 0.5) is 0 Å². The second kappa shape index (κ2) is 7.63. The molecule has 0 amide bonds. The van der Waals surface area contributed by atoms with E-state index in [0.29, 0.717) is 23.7 Å². The number of benzene rings is 1. The molecular formula is C23H25NO3S. The monoisotopic (exact) mass is 395 g/mol. The number of aromatic amines is 1. The van der Waals surface area contributed by atoms with E-state index in [-0.39, 0.29) is 5.56 Å². The van der Waals surface area contributed by atoms with Gasteiger partial charge < -0.3 is 10.1 Å². The van der Waals surface area contributed by atoms with Crippen LogP contribution in [0.15, 0.2) is 40.0 Å². The molecular weight excluding hydrogens is 370 g/mol. The molecule has 1 aromatic heterocycles. The lowest BCUT2D eigenvalue weighted by Gasteiger charge is -2.19. The number of hydrogen-bond donors (Lipinski definition) is 2. The molecule has 2 N–H and O–H groups in total. The third-order valence-corrected chi connectivity index (χ3v) is 7.12. The topological polar surface area (TPSA) is 70.2 Å². The van der Waals surface area contributed by atoms with Gasteiger partial charge in [0.25, 0.3) is 5.56 Å². The summed E-state index contributed by atoms with van der Waals surface area (Å²) in [5.41, 5.74) is 5.15. The van der Waals surface area contributed by atoms with Crippen molar-refractivity contribution < 1.29 is 9.90 Å². The number of H-pyrrole nitrogens is 1. The number of nitrogens with one attached hydrogen (secondary N) is 1. The van der Waals surface area contributed by atoms with Crippen LogP contribution in [-0.4, -0.2) is 21.3 Å². The van der Waals surface area contributed by atoms with E-state index in [0.717, 1.165) is 46.5 Å². The molecule has 1 aliphatic heterocycles. The fraction of sp³-hybridized carbons (Fsp3) is 0.391. The zero-order valence-corrected chi connectivity index (χ0v) is 17.1. The SMILES string of the molecule is CCCC(C(=O)O)c1c(-c2ccc(C)cc2)c2c([nH]c1=O)C1=CCCCC1S2. The first-order valence-corrected chi connectivity index (χ1v) is 10.9. The van der Waals surface area contributed by atoms with Crippen LogP contribution in [0.3, 0.4) is 0 Å². The predicted octanol–water partition coefficient (Wildman–Crippen LogP) is 5.36. The molecule has 2 unspecified atom stereocenters. The number of thioether (sulfide) groups is 1. The van der Waals surface area contributed by atoms with Crippen molar-refractivity contribution in [3.8, 4) is 11.1 Å². The van der Waals surface area contributed by atoms with Crippen molar-refractivity contribution in [2.24, 2.45) is 0 Å². The van der Waals surface area contributed by atoms with Crippen LogP contribution in [0.1, 0.15) is 61.8 Å². The largest absolute Gasteiger partial charge is 0.481 e. The van der Waals surface area contributed by atoms with Crippen molar-refractivity contribution >= 4 is 23.3 Å². The first-order chi connectivity index (χ1) is 13.5. The van der Waals surface area contributed by atoms with Crippen molar-refractivity contribution in [2.45, 2.75) is 62.0 Å². The predicted molar refractivity (Wildman–Crippen MR) is 114 cm³/mol. The van der Waals surface area contributed by atoms with Gasteiger partial charge in [-0.15, -0.1) is 11.8 Å². The molecule has 0 radical (unpaired) electrons. The van der Waals surface area contributed by atoms with Gasteiger partial charge in [0.05, 0.1) is 11.6 Å². The Bertz CT molecular complexity index is 1000. The summed E-state index contributed by atoms with van der Waals surface area (Å²) >= 11 is 1.78. The fourth-order valence-corrected chi connectivity index (χ4v) is 5.86. The highest BCUT2D eigenvalue weighted by Gasteiger charge is 2.36. The number of carboxylic acids is 1. The number of pyridine rings is 1. The summed E-state index contributed by atoms with van der Waals surface area (Å²) in [4.78, 5) is 29.3. The minimum Gasteiger partial charge on any atom is -0.481 e. The molecule has 4 rings (SSSR count). The molecule has 2 aromatic rings. The van der Waals surface area contributed by atoms with Gasteiger partial charge in [-0.25, -0.2) is 0 Å². The van der Waals surface area contributed by atoms with Crippen molar-refractivity contribution in [3.05, 3.63) is 57.5 Å². The average Bonchev–Trinajstić information content (AvgIpc) is 3.04. The number of fused-ring (bicyclic) bond motifs is 3. The lowest BCUT2D eigenvalue weighted by Crippen LogP contribution is -2.24. The highest BCUT2D eigenvalue weighted by Crippen LogP contribution is 2.52. The molecule has 0 fully saturated rings. The lowest BCUT2D eigenvalue weighted by atomic mass is 9.87. The second-order valence-electron chi connectivity index (χ2n) is 7.69. The number of carboxylic acid groups (broad SMARTS) is 1. The van der Waals surface area contributed by atoms with Crippen LogP contribution in [0.5, 0.6) is 0 Å². The Kier molecular flexibility index (Phi) is 5.19. The van der Waals surface area contributed by atoms with Crippen LogP contribution >= 0.6 is 11.8 Å². The molecule has 146 valence electrons. The summed E-state index contributed by atoms with van der Waals surface area (Å²) in [5.74, 6) is -1.73. The number of hydrogen-bond acceptors (Lipinski definition) is 3. The zero-order valence-electron chi connectivity index (χ0n) is 16.2. The van der Waals surface area contributed by atoms with E-state index < -0.39 is 11.9 Å². The van der Waals surface area contributed by atoms with Gasteiger partial charge >= 0.3 is 5.97 Å². The number of rotatable bonds is 5. The summed E-state index contributed by atoms with van der Waals surface area (Å²) in [7, 11) is 0. The Morgan fingerprint density at radius 3 is 2.75 bits per heavy atom. The van der Waals surface area contributed by atoms with E-state index in [1.807, 2.05) is 38.1 Å². The van der Waals surface area contributed by atoms with Crippen LogP contribution in [-0.2, 0) is 4.79 Å². The number of carbonyl (C=O) groups is 1. The summed E-state index contributed by atoms with van der Waals surface area (Å²) in [6.45, 7) is 3.98. The minimum absolute atomic E-state index is 0.261. The van der Waals surface area contributed by atoms with E-state index in [1.54, 1.807) is 11.8 Å². The first-order valence-electron chi connectivity index (χ1n) is 9.98. The normalized spacial score (nSPS) is 18.9. The summed E-state index contributed by atoms with van der Waals surface area (Å²) < 4.78 is 0. The van der Waals surface area contributed by atoms with Crippen LogP contribution < -0.4 is 5.56 Å². The van der Waals surface area contributed by atoms with E-state index in [4.69, 9.17) is 0 Å². The highest BCUT2D eigenvalue weighted by molar-refractivity contribution is 8.01. The zero-order chi connectivity index (χ0) is 19.8. The third-order valence-electron chi connectivity index (χ3n) is 5.70. The fourth-order valence-electron chi connectivity index (χ4n) is 4.31. The van der Waals surface area contributed by atoms with Gasteiger partial charge in [0.2, 0.25) is 0 Å². The molecule has 5 heteroatoms. The number of aryl methyl sites for hydroxylation is 1. The highest BCUT2D eigenvalue weighted by atomic mass is 32.2. The van der Waals surface area contributed by atoms with Crippen molar-refractivity contribution in [3.63, 3.8) is 0 Å². The van der Waals surface area contributed by atoms with Gasteiger partial charge in [0.1, 0.15) is 0 Å².